The highest BCUT2D eigenvalue weighted by Crippen LogP contribution is 2.39. The molecule has 0 aromatic heterocycles. The maximum absolute atomic E-state index is 13.3. The lowest BCUT2D eigenvalue weighted by Gasteiger charge is -2.13. The molecule has 1 fully saturated rings. The molecule has 1 unspecified atom stereocenters. The Morgan fingerprint density at radius 3 is 2.64 bits per heavy atom. The van der Waals surface area contributed by atoms with Crippen LogP contribution in [-0.4, -0.2) is 7.85 Å². The Bertz CT molecular complexity index is 337. The maximum Gasteiger partial charge on any atom is 0.125 e. The molecule has 72 valence electrons. The standard InChI is InChI=1S/C11H13BFN/c1-6-9(12)4-8(5-10(6)13)11(14)7-2-3-7/h4-5,7,11H,2-3,14H2,1H3. The van der Waals surface area contributed by atoms with Crippen molar-refractivity contribution in [1.29, 1.82) is 0 Å². The Balaban J connectivity index is 2.34. The van der Waals surface area contributed by atoms with Crippen molar-refractivity contribution in [3.05, 3.63) is 29.1 Å². The third-order valence-corrected chi connectivity index (χ3v) is 2.92. The Morgan fingerprint density at radius 2 is 2.14 bits per heavy atom. The highest BCUT2D eigenvalue weighted by molar-refractivity contribution is 6.33. The predicted molar refractivity (Wildman–Crippen MR) is 56.2 cm³/mol. The highest BCUT2D eigenvalue weighted by Gasteiger charge is 2.29. The topological polar surface area (TPSA) is 26.0 Å². The maximum atomic E-state index is 13.3. The van der Waals surface area contributed by atoms with Gasteiger partial charge in [0.1, 0.15) is 13.7 Å². The van der Waals surface area contributed by atoms with Crippen molar-refractivity contribution in [3.8, 4) is 0 Å². The van der Waals surface area contributed by atoms with Crippen LogP contribution in [0.25, 0.3) is 0 Å². The molecule has 2 N–H and O–H groups in total. The molecule has 1 nitrogen and oxygen atoms in total. The van der Waals surface area contributed by atoms with E-state index in [0.717, 1.165) is 18.4 Å². The molecule has 2 rings (SSSR count). The second-order valence-electron chi connectivity index (χ2n) is 4.08. The lowest BCUT2D eigenvalue weighted by molar-refractivity contribution is 0.597. The van der Waals surface area contributed by atoms with Crippen molar-refractivity contribution in [1.82, 2.24) is 0 Å². The summed E-state index contributed by atoms with van der Waals surface area (Å²) in [4.78, 5) is 0. The number of benzene rings is 1. The van der Waals surface area contributed by atoms with Gasteiger partial charge in [-0.3, -0.25) is 0 Å². The number of rotatable bonds is 2. The van der Waals surface area contributed by atoms with Crippen LogP contribution >= 0.6 is 0 Å². The largest absolute Gasteiger partial charge is 0.324 e. The SMILES string of the molecule is [B]c1cc(C(N)C2CC2)cc(F)c1C. The normalized spacial score (nSPS) is 18.2. The molecule has 1 aliphatic rings. The van der Waals surface area contributed by atoms with E-state index < -0.39 is 0 Å². The van der Waals surface area contributed by atoms with Crippen LogP contribution in [0.15, 0.2) is 12.1 Å². The van der Waals surface area contributed by atoms with E-state index >= 15 is 0 Å². The molecule has 1 aliphatic carbocycles. The van der Waals surface area contributed by atoms with E-state index in [1.54, 1.807) is 13.0 Å². The molecular weight excluding hydrogens is 176 g/mol. The zero-order valence-corrected chi connectivity index (χ0v) is 8.26. The lowest BCUT2D eigenvalue weighted by Crippen LogP contribution is -2.18. The second-order valence-corrected chi connectivity index (χ2v) is 4.08. The monoisotopic (exact) mass is 189 g/mol. The molecule has 1 aromatic carbocycles. The van der Waals surface area contributed by atoms with Crippen molar-refractivity contribution >= 4 is 13.3 Å². The number of nitrogens with two attached hydrogens (primary N) is 1. The minimum absolute atomic E-state index is 0.0487. The van der Waals surface area contributed by atoms with Gasteiger partial charge in [-0.1, -0.05) is 11.5 Å². The Kier molecular flexibility index (Phi) is 2.35. The third kappa shape index (κ3) is 1.69. The predicted octanol–water partition coefficient (Wildman–Crippen LogP) is 1.34. The first-order valence-corrected chi connectivity index (χ1v) is 4.90. The quantitative estimate of drug-likeness (QED) is 0.698. The fourth-order valence-corrected chi connectivity index (χ4v) is 1.64. The molecule has 14 heavy (non-hydrogen) atoms. The van der Waals surface area contributed by atoms with E-state index in [1.807, 2.05) is 0 Å². The molecule has 0 saturated heterocycles. The van der Waals surface area contributed by atoms with Gasteiger partial charge in [0.25, 0.3) is 0 Å². The van der Waals surface area contributed by atoms with E-state index in [1.165, 1.54) is 6.07 Å². The van der Waals surface area contributed by atoms with E-state index in [2.05, 4.69) is 0 Å². The van der Waals surface area contributed by atoms with Crippen LogP contribution in [0.4, 0.5) is 4.39 Å². The average Bonchev–Trinajstić information content (AvgIpc) is 2.95. The lowest BCUT2D eigenvalue weighted by atomic mass is 9.87. The van der Waals surface area contributed by atoms with Crippen LogP contribution in [-0.2, 0) is 0 Å². The number of halogens is 1. The fourth-order valence-electron chi connectivity index (χ4n) is 1.64. The van der Waals surface area contributed by atoms with Crippen molar-refractivity contribution in [3.63, 3.8) is 0 Å². The van der Waals surface area contributed by atoms with Gasteiger partial charge in [0.05, 0.1) is 0 Å². The zero-order chi connectivity index (χ0) is 10.3. The summed E-state index contributed by atoms with van der Waals surface area (Å²) in [7, 11) is 5.68. The summed E-state index contributed by atoms with van der Waals surface area (Å²) in [5, 5.41) is 0. The van der Waals surface area contributed by atoms with Gasteiger partial charge in [-0.05, 0) is 42.9 Å². The molecule has 1 aromatic rings. The summed E-state index contributed by atoms with van der Waals surface area (Å²) in [5.74, 6) is 0.271. The van der Waals surface area contributed by atoms with Crippen LogP contribution in [0.5, 0.6) is 0 Å². The molecule has 3 heteroatoms. The van der Waals surface area contributed by atoms with E-state index in [0.29, 0.717) is 16.9 Å². The van der Waals surface area contributed by atoms with Gasteiger partial charge in [-0.15, -0.1) is 0 Å². The van der Waals surface area contributed by atoms with Crippen LogP contribution in [0.3, 0.4) is 0 Å². The van der Waals surface area contributed by atoms with Crippen LogP contribution in [0.2, 0.25) is 0 Å². The average molecular weight is 189 g/mol. The molecule has 0 bridgehead atoms. The van der Waals surface area contributed by atoms with Gasteiger partial charge < -0.3 is 5.73 Å². The zero-order valence-electron chi connectivity index (χ0n) is 8.26. The first kappa shape index (κ1) is 9.72. The Hall–Kier alpha value is -0.825. The van der Waals surface area contributed by atoms with E-state index in [9.17, 15) is 4.39 Å². The van der Waals surface area contributed by atoms with Crippen molar-refractivity contribution < 1.29 is 4.39 Å². The first-order valence-electron chi connectivity index (χ1n) is 4.90. The molecular formula is C11H13BFN. The summed E-state index contributed by atoms with van der Waals surface area (Å²) in [6.45, 7) is 1.68. The van der Waals surface area contributed by atoms with Gasteiger partial charge in [-0.25, -0.2) is 4.39 Å². The smallest absolute Gasteiger partial charge is 0.125 e. The number of hydrogen-bond donors (Lipinski definition) is 1. The minimum Gasteiger partial charge on any atom is -0.324 e. The summed E-state index contributed by atoms with van der Waals surface area (Å²) in [6, 6.07) is 3.25. The summed E-state index contributed by atoms with van der Waals surface area (Å²) < 4.78 is 13.3. The molecule has 0 heterocycles. The molecule has 0 amide bonds. The molecule has 0 spiro atoms. The van der Waals surface area contributed by atoms with Crippen molar-refractivity contribution in [2.75, 3.05) is 0 Å². The summed E-state index contributed by atoms with van der Waals surface area (Å²) in [6.07, 6.45) is 2.30. The van der Waals surface area contributed by atoms with E-state index in [-0.39, 0.29) is 11.9 Å². The van der Waals surface area contributed by atoms with Gasteiger partial charge in [-0.2, -0.15) is 0 Å². The van der Waals surface area contributed by atoms with Gasteiger partial charge >= 0.3 is 0 Å². The second kappa shape index (κ2) is 3.39. The minimum atomic E-state index is -0.254. The Labute approximate surface area is 84.9 Å². The first-order chi connectivity index (χ1) is 6.59. The molecule has 2 radical (unpaired) electrons. The van der Waals surface area contributed by atoms with Gasteiger partial charge in [0.15, 0.2) is 0 Å². The third-order valence-electron chi connectivity index (χ3n) is 2.92. The van der Waals surface area contributed by atoms with Gasteiger partial charge in [0.2, 0.25) is 0 Å². The fraction of sp³-hybridized carbons (Fsp3) is 0.455. The van der Waals surface area contributed by atoms with Crippen LogP contribution < -0.4 is 11.2 Å². The highest BCUT2D eigenvalue weighted by atomic mass is 19.1. The molecule has 1 atom stereocenters. The molecule has 0 aliphatic heterocycles. The number of hydrogen-bond acceptors (Lipinski definition) is 1. The van der Waals surface area contributed by atoms with Crippen LogP contribution in [0.1, 0.15) is 30.0 Å². The molecule has 1 saturated carbocycles. The van der Waals surface area contributed by atoms with Gasteiger partial charge in [0, 0.05) is 6.04 Å². The van der Waals surface area contributed by atoms with Crippen LogP contribution in [0, 0.1) is 18.7 Å². The van der Waals surface area contributed by atoms with E-state index in [4.69, 9.17) is 13.6 Å². The summed E-state index contributed by atoms with van der Waals surface area (Å²) in [5.41, 5.74) is 7.80. The van der Waals surface area contributed by atoms with Crippen molar-refractivity contribution in [2.45, 2.75) is 25.8 Å². The Morgan fingerprint density at radius 1 is 1.50 bits per heavy atom. The summed E-state index contributed by atoms with van der Waals surface area (Å²) >= 11 is 0. The van der Waals surface area contributed by atoms with Crippen molar-refractivity contribution in [2.24, 2.45) is 11.7 Å².